The first-order valence-electron chi connectivity index (χ1n) is 5.78. The number of aromatic nitrogens is 2. The van der Waals surface area contributed by atoms with Crippen LogP contribution in [0.2, 0.25) is 5.02 Å². The van der Waals surface area contributed by atoms with Gasteiger partial charge in [-0.1, -0.05) is 18.5 Å². The SMILES string of the molecule is CCc1cc(C(=O)Nc2ccc(Cl)cn2)cc(N)n1. The predicted molar refractivity (Wildman–Crippen MR) is 75.2 cm³/mol. The molecule has 2 aromatic rings. The van der Waals surface area contributed by atoms with Crippen LogP contribution in [0.5, 0.6) is 0 Å². The number of nitrogen functional groups attached to an aromatic ring is 1. The molecule has 0 saturated carbocycles. The lowest BCUT2D eigenvalue weighted by Crippen LogP contribution is -2.14. The van der Waals surface area contributed by atoms with Gasteiger partial charge in [0.1, 0.15) is 11.6 Å². The molecule has 2 aromatic heterocycles. The van der Waals surface area contributed by atoms with Gasteiger partial charge < -0.3 is 11.1 Å². The topological polar surface area (TPSA) is 80.9 Å². The molecule has 0 spiro atoms. The van der Waals surface area contributed by atoms with Gasteiger partial charge in [0.2, 0.25) is 0 Å². The van der Waals surface area contributed by atoms with Gasteiger partial charge in [0, 0.05) is 17.5 Å². The van der Waals surface area contributed by atoms with Crippen molar-refractivity contribution < 1.29 is 4.79 Å². The summed E-state index contributed by atoms with van der Waals surface area (Å²) in [5, 5.41) is 3.19. The average Bonchev–Trinajstić information content (AvgIpc) is 2.40. The van der Waals surface area contributed by atoms with Crippen molar-refractivity contribution in [3.63, 3.8) is 0 Å². The van der Waals surface area contributed by atoms with Crippen LogP contribution in [0.3, 0.4) is 0 Å². The van der Waals surface area contributed by atoms with Crippen LogP contribution in [0, 0.1) is 0 Å². The Morgan fingerprint density at radius 2 is 2.21 bits per heavy atom. The summed E-state index contributed by atoms with van der Waals surface area (Å²) in [7, 11) is 0. The second kappa shape index (κ2) is 5.67. The smallest absolute Gasteiger partial charge is 0.257 e. The zero-order valence-corrected chi connectivity index (χ0v) is 11.1. The first-order chi connectivity index (χ1) is 9.08. The number of nitrogens with zero attached hydrogens (tertiary/aromatic N) is 2. The second-order valence-corrected chi connectivity index (χ2v) is 4.38. The molecule has 2 rings (SSSR count). The third-order valence-corrected chi connectivity index (χ3v) is 2.72. The minimum atomic E-state index is -0.279. The maximum atomic E-state index is 12.1. The fourth-order valence-electron chi connectivity index (χ4n) is 1.56. The number of aryl methyl sites for hydroxylation is 1. The van der Waals surface area contributed by atoms with E-state index in [-0.39, 0.29) is 5.91 Å². The van der Waals surface area contributed by atoms with E-state index in [4.69, 9.17) is 17.3 Å². The Hall–Kier alpha value is -2.14. The van der Waals surface area contributed by atoms with E-state index >= 15 is 0 Å². The number of halogens is 1. The number of nitrogens with two attached hydrogens (primary N) is 1. The molecule has 2 heterocycles. The normalized spacial score (nSPS) is 10.2. The fraction of sp³-hybridized carbons (Fsp3) is 0.154. The number of hydrogen-bond donors (Lipinski definition) is 2. The van der Waals surface area contributed by atoms with E-state index in [1.807, 2.05) is 6.92 Å². The molecule has 0 fully saturated rings. The Kier molecular flexibility index (Phi) is 3.97. The molecule has 0 aromatic carbocycles. The molecular formula is C13H13ClN4O. The Bertz CT molecular complexity index is 598. The Labute approximate surface area is 115 Å². The molecule has 0 aliphatic heterocycles. The summed E-state index contributed by atoms with van der Waals surface area (Å²) in [5.41, 5.74) is 6.89. The minimum absolute atomic E-state index is 0.279. The molecule has 0 unspecified atom stereocenters. The van der Waals surface area contributed by atoms with E-state index in [9.17, 15) is 4.79 Å². The molecule has 3 N–H and O–H groups in total. The molecule has 0 radical (unpaired) electrons. The molecule has 0 saturated heterocycles. The predicted octanol–water partition coefficient (Wildman–Crippen LogP) is 2.53. The number of carbonyl (C=O) groups is 1. The Morgan fingerprint density at radius 1 is 1.42 bits per heavy atom. The van der Waals surface area contributed by atoms with Crippen molar-refractivity contribution in [1.29, 1.82) is 0 Å². The van der Waals surface area contributed by atoms with E-state index in [0.29, 0.717) is 28.6 Å². The molecule has 19 heavy (non-hydrogen) atoms. The van der Waals surface area contributed by atoms with Gasteiger partial charge in [-0.25, -0.2) is 9.97 Å². The summed E-state index contributed by atoms with van der Waals surface area (Å²) < 4.78 is 0. The van der Waals surface area contributed by atoms with Crippen LogP contribution in [0.4, 0.5) is 11.6 Å². The van der Waals surface area contributed by atoms with Crippen LogP contribution in [0.15, 0.2) is 30.5 Å². The van der Waals surface area contributed by atoms with E-state index in [1.165, 1.54) is 12.3 Å². The van der Waals surface area contributed by atoms with Gasteiger partial charge in [-0.05, 0) is 30.7 Å². The number of amides is 1. The Morgan fingerprint density at radius 3 is 2.84 bits per heavy atom. The molecule has 0 aliphatic carbocycles. The van der Waals surface area contributed by atoms with Crippen molar-refractivity contribution in [2.45, 2.75) is 13.3 Å². The second-order valence-electron chi connectivity index (χ2n) is 3.94. The largest absolute Gasteiger partial charge is 0.384 e. The highest BCUT2D eigenvalue weighted by atomic mass is 35.5. The minimum Gasteiger partial charge on any atom is -0.384 e. The lowest BCUT2D eigenvalue weighted by atomic mass is 10.2. The maximum Gasteiger partial charge on any atom is 0.257 e. The standard InChI is InChI=1S/C13H13ClN4O/c1-2-10-5-8(6-11(15)17-10)13(19)18-12-4-3-9(14)7-16-12/h3-7H,2H2,1H3,(H2,15,17)(H,16,18,19). The highest BCUT2D eigenvalue weighted by Crippen LogP contribution is 2.13. The van der Waals surface area contributed by atoms with Crippen molar-refractivity contribution >= 4 is 29.1 Å². The molecule has 1 amide bonds. The number of anilines is 2. The highest BCUT2D eigenvalue weighted by Gasteiger charge is 2.09. The van der Waals surface area contributed by atoms with Crippen molar-refractivity contribution in [3.8, 4) is 0 Å². The van der Waals surface area contributed by atoms with Crippen molar-refractivity contribution in [2.75, 3.05) is 11.1 Å². The number of nitrogens with one attached hydrogen (secondary N) is 1. The van der Waals surface area contributed by atoms with Gasteiger partial charge in [-0.2, -0.15) is 0 Å². The van der Waals surface area contributed by atoms with Crippen LogP contribution in [0.25, 0.3) is 0 Å². The van der Waals surface area contributed by atoms with Crippen LogP contribution in [-0.4, -0.2) is 15.9 Å². The van der Waals surface area contributed by atoms with Gasteiger partial charge >= 0.3 is 0 Å². The van der Waals surface area contributed by atoms with Crippen molar-refractivity contribution in [1.82, 2.24) is 9.97 Å². The van der Waals surface area contributed by atoms with E-state index in [2.05, 4.69) is 15.3 Å². The molecule has 0 aliphatic rings. The zero-order chi connectivity index (χ0) is 13.8. The monoisotopic (exact) mass is 276 g/mol. The third kappa shape index (κ3) is 3.42. The summed E-state index contributed by atoms with van der Waals surface area (Å²) in [6.45, 7) is 1.95. The summed E-state index contributed by atoms with van der Waals surface area (Å²) in [4.78, 5) is 20.2. The zero-order valence-electron chi connectivity index (χ0n) is 10.4. The maximum absolute atomic E-state index is 12.1. The van der Waals surface area contributed by atoms with Gasteiger partial charge in [0.15, 0.2) is 0 Å². The number of carbonyl (C=O) groups excluding carboxylic acids is 1. The molecule has 0 atom stereocenters. The summed E-state index contributed by atoms with van der Waals surface area (Å²) >= 11 is 5.73. The number of rotatable bonds is 3. The third-order valence-electron chi connectivity index (χ3n) is 2.49. The van der Waals surface area contributed by atoms with E-state index in [1.54, 1.807) is 18.2 Å². The van der Waals surface area contributed by atoms with Crippen LogP contribution < -0.4 is 11.1 Å². The summed E-state index contributed by atoms with van der Waals surface area (Å²) in [6, 6.07) is 6.53. The number of hydrogen-bond acceptors (Lipinski definition) is 4. The van der Waals surface area contributed by atoms with Crippen LogP contribution in [0.1, 0.15) is 23.0 Å². The molecular weight excluding hydrogens is 264 g/mol. The lowest BCUT2D eigenvalue weighted by Gasteiger charge is -2.06. The number of pyridine rings is 2. The quantitative estimate of drug-likeness (QED) is 0.903. The van der Waals surface area contributed by atoms with Gasteiger partial charge in [-0.3, -0.25) is 4.79 Å². The Balaban J connectivity index is 2.20. The molecule has 6 heteroatoms. The molecule has 5 nitrogen and oxygen atoms in total. The first kappa shape index (κ1) is 13.3. The highest BCUT2D eigenvalue weighted by molar-refractivity contribution is 6.30. The molecule has 98 valence electrons. The van der Waals surface area contributed by atoms with Crippen LogP contribution >= 0.6 is 11.6 Å². The molecule has 0 bridgehead atoms. The van der Waals surface area contributed by atoms with Gasteiger partial charge in [0.25, 0.3) is 5.91 Å². The van der Waals surface area contributed by atoms with Gasteiger partial charge in [-0.15, -0.1) is 0 Å². The van der Waals surface area contributed by atoms with Crippen LogP contribution in [-0.2, 0) is 6.42 Å². The average molecular weight is 277 g/mol. The first-order valence-corrected chi connectivity index (χ1v) is 6.15. The summed E-state index contributed by atoms with van der Waals surface area (Å²) in [6.07, 6.45) is 2.18. The van der Waals surface area contributed by atoms with Crippen molar-refractivity contribution in [2.24, 2.45) is 0 Å². The van der Waals surface area contributed by atoms with E-state index in [0.717, 1.165) is 5.69 Å². The van der Waals surface area contributed by atoms with Gasteiger partial charge in [0.05, 0.1) is 5.02 Å². The lowest BCUT2D eigenvalue weighted by molar-refractivity contribution is 0.102. The van der Waals surface area contributed by atoms with E-state index < -0.39 is 0 Å². The van der Waals surface area contributed by atoms with Crippen molar-refractivity contribution in [3.05, 3.63) is 46.7 Å². The summed E-state index contributed by atoms with van der Waals surface area (Å²) in [5.74, 6) is 0.481. The fourth-order valence-corrected chi connectivity index (χ4v) is 1.67.